The normalized spacial score (nSPS) is 22.8. The molecule has 0 spiro atoms. The van der Waals surface area contributed by atoms with Crippen molar-refractivity contribution in [3.05, 3.63) is 29.8 Å². The maximum atomic E-state index is 12.3. The van der Waals surface area contributed by atoms with Gasteiger partial charge in [0.25, 0.3) is 10.1 Å². The first-order valence-electron chi connectivity index (χ1n) is 30.4. The van der Waals surface area contributed by atoms with E-state index in [2.05, 4.69) is 12.6 Å². The molecule has 1 N–H and O–H groups in total. The van der Waals surface area contributed by atoms with Crippen molar-refractivity contribution in [2.45, 2.75) is 244 Å². The number of ether oxygens (including phenoxy) is 5. The summed E-state index contributed by atoms with van der Waals surface area (Å²) in [6.07, 6.45) is 18.1. The number of rotatable bonds is 20. The summed E-state index contributed by atoms with van der Waals surface area (Å²) in [7, 11) is -1.85. The first-order chi connectivity index (χ1) is 40.1. The Bertz CT molecular complexity index is 2350. The first-order valence-corrected chi connectivity index (χ1v) is 35.5. The fourth-order valence-electron chi connectivity index (χ4n) is 10.5. The van der Waals surface area contributed by atoms with Gasteiger partial charge in [0.1, 0.15) is 5.78 Å². The van der Waals surface area contributed by atoms with Gasteiger partial charge >= 0.3 is 81.2 Å². The van der Waals surface area contributed by atoms with Crippen molar-refractivity contribution in [2.75, 3.05) is 33.0 Å². The molecule has 1 aromatic carbocycles. The van der Waals surface area contributed by atoms with Crippen LogP contribution in [-0.2, 0) is 98.0 Å². The van der Waals surface area contributed by atoms with Gasteiger partial charge in [-0.3, -0.25) is 37.7 Å². The maximum absolute atomic E-state index is 12.3. The molecule has 0 saturated heterocycles. The Morgan fingerprint density at radius 2 is 0.826 bits per heavy atom. The Kier molecular flexibility index (Phi) is 46.6. The number of hydrogen-bond acceptors (Lipinski definition) is 21. The maximum Gasteiger partial charge on any atom is 1.00 e. The average molecular weight is 1340 g/mol. The zero-order valence-corrected chi connectivity index (χ0v) is 59.7. The molecular formula is C61H98ClKO19S4. The van der Waals surface area contributed by atoms with Crippen LogP contribution in [0.15, 0.2) is 29.2 Å². The third-order valence-corrected chi connectivity index (χ3v) is 19.5. The number of Topliss-reactive ketones (excluding diaryl/α,β-unsaturated/α-hetero) is 1. The molecule has 488 valence electrons. The Morgan fingerprint density at radius 1 is 0.523 bits per heavy atom. The zero-order valence-electron chi connectivity index (χ0n) is 52.5. The molecule has 0 radical (unpaired) electrons. The zero-order chi connectivity index (χ0) is 64.0. The van der Waals surface area contributed by atoms with Gasteiger partial charge in [-0.05, 0) is 206 Å². The van der Waals surface area contributed by atoms with Crippen LogP contribution in [0.25, 0.3) is 0 Å². The van der Waals surface area contributed by atoms with Crippen LogP contribution in [0.1, 0.15) is 215 Å². The van der Waals surface area contributed by atoms with Crippen molar-refractivity contribution in [1.82, 2.24) is 0 Å². The minimum atomic E-state index is -3.72. The fourth-order valence-corrected chi connectivity index (χ4v) is 14.0. The summed E-state index contributed by atoms with van der Waals surface area (Å²) in [6.45, 7) is 16.1. The Hall–Kier alpha value is -2.10. The number of aliphatic hydroxyl groups excluding tert-OH is 1. The van der Waals surface area contributed by atoms with E-state index in [4.69, 9.17) is 38.5 Å². The molecule has 5 fully saturated rings. The molecule has 6 rings (SSSR count). The Labute approximate surface area is 570 Å². The van der Waals surface area contributed by atoms with E-state index in [0.717, 1.165) is 95.5 Å². The molecule has 0 aliphatic heterocycles. The molecule has 1 aromatic rings. The predicted octanol–water partition coefficient (Wildman–Crippen LogP) is 8.33. The number of halogens is 1. The molecule has 0 aromatic heterocycles. The first kappa shape index (κ1) is 83.9. The van der Waals surface area contributed by atoms with Gasteiger partial charge in [0.15, 0.2) is 5.12 Å². The predicted molar refractivity (Wildman–Crippen MR) is 329 cm³/mol. The quantitative estimate of drug-likeness (QED) is 0.0320. The largest absolute Gasteiger partial charge is 1.00 e. The average Bonchev–Trinajstić information content (AvgIpc) is 3.49. The van der Waals surface area contributed by atoms with Crippen LogP contribution >= 0.6 is 22.4 Å². The number of carbonyl (C=O) groups excluding carboxylic acids is 8. The van der Waals surface area contributed by atoms with Gasteiger partial charge in [-0.1, -0.05) is 29.5 Å². The van der Waals surface area contributed by atoms with Crippen molar-refractivity contribution >= 4 is 100 Å². The summed E-state index contributed by atoms with van der Waals surface area (Å²) in [5, 5.41) is 9.23. The molecule has 0 bridgehead atoms. The molecule has 25 heteroatoms. The number of aliphatic hydroxyl groups is 1. The van der Waals surface area contributed by atoms with E-state index >= 15 is 0 Å². The number of aryl methyl sites for hydroxylation is 1. The molecule has 0 atom stereocenters. The second-order valence-corrected chi connectivity index (χ2v) is 28.6. The van der Waals surface area contributed by atoms with Crippen LogP contribution in [0.4, 0.5) is 0 Å². The fraction of sp³-hybridized carbons (Fsp3) is 0.770. The van der Waals surface area contributed by atoms with Gasteiger partial charge in [-0.2, -0.15) is 8.42 Å². The molecule has 0 amide bonds. The molecule has 5 aliphatic carbocycles. The van der Waals surface area contributed by atoms with Gasteiger partial charge in [0, 0.05) is 72.9 Å². The van der Waals surface area contributed by atoms with Gasteiger partial charge in [0.05, 0.1) is 55.4 Å². The van der Waals surface area contributed by atoms with Crippen LogP contribution in [0.5, 0.6) is 0 Å². The van der Waals surface area contributed by atoms with E-state index < -0.39 is 24.4 Å². The number of esters is 5. The second kappa shape index (κ2) is 47.8. The van der Waals surface area contributed by atoms with Crippen molar-refractivity contribution in [3.8, 4) is 0 Å². The van der Waals surface area contributed by atoms with Crippen molar-refractivity contribution in [3.63, 3.8) is 0 Å². The molecule has 5 aliphatic rings. The molecule has 86 heavy (non-hydrogen) atoms. The van der Waals surface area contributed by atoms with E-state index in [0.29, 0.717) is 132 Å². The third-order valence-electron chi connectivity index (χ3n) is 15.0. The van der Waals surface area contributed by atoms with Crippen LogP contribution in [0.2, 0.25) is 0 Å². The molecule has 0 heterocycles. The van der Waals surface area contributed by atoms with Gasteiger partial charge in [-0.15, -0.1) is 0 Å². The van der Waals surface area contributed by atoms with E-state index in [1.165, 1.54) is 18.7 Å². The molecular weight excluding hydrogens is 1240 g/mol. The van der Waals surface area contributed by atoms with Crippen LogP contribution in [0, 0.1) is 36.5 Å². The van der Waals surface area contributed by atoms with Crippen molar-refractivity contribution < 1.29 is 140 Å². The van der Waals surface area contributed by atoms with E-state index in [1.54, 1.807) is 45.0 Å². The summed E-state index contributed by atoms with van der Waals surface area (Å²) in [6, 6.07) is 6.65. The van der Waals surface area contributed by atoms with Gasteiger partial charge in [0.2, 0.25) is 9.05 Å². The minimum absolute atomic E-state index is 0. The molecule has 5 saturated carbocycles. The van der Waals surface area contributed by atoms with Crippen LogP contribution < -0.4 is 51.4 Å². The van der Waals surface area contributed by atoms with E-state index in [1.807, 2.05) is 27.7 Å². The number of benzene rings is 1. The summed E-state index contributed by atoms with van der Waals surface area (Å²) >= 11 is 5.43. The van der Waals surface area contributed by atoms with Crippen molar-refractivity contribution in [1.29, 1.82) is 0 Å². The smallest absolute Gasteiger partial charge is 0.742 e. The molecule has 0 unspecified atom stereocenters. The third kappa shape index (κ3) is 41.3. The number of hydrogen-bond donors (Lipinski definition) is 1. The van der Waals surface area contributed by atoms with Gasteiger partial charge < -0.3 is 46.2 Å². The second-order valence-electron chi connectivity index (χ2n) is 22.1. The number of ketones is 1. The van der Waals surface area contributed by atoms with E-state index in [9.17, 15) is 60.3 Å². The Morgan fingerprint density at radius 3 is 1.14 bits per heavy atom. The Balaban J connectivity index is 0.00000105. The standard InChI is InChI=1S/C17H24O5S.C12H20O3S.C10H17ClO4S.C10H18O3.C10H16O3.C2H4OS.K/c1-3-21-17(18)12-14-6-8-15(9-7-14)22-23(19,20)16-10-4-13(2)5-11-16;1-3-15-12(14)8-10-4-6-11(7-5-10)16-9(2)13;1-2-15-10(12)7-8-3-5-9(6-4-8)16(11,13)14;2*1-2-13-10(12)7-8-3-5-9(11)6-4-8;1-2(3)4;/h4-5,10-11,14-15H,3,6-9,12H2,1-2H3;10-11H,3-8H2,1-2H3;8-9H,2-7H2,1H3;8-9,11H,2-7H2,1H3;8H,2-7H2,1H3;1H3,(H,3,4);/q;;;;;;+1/p-1. The van der Waals surface area contributed by atoms with Crippen LogP contribution in [-0.4, -0.2) is 124 Å². The number of thioether (sulfide) groups is 1. The van der Waals surface area contributed by atoms with E-state index in [-0.39, 0.29) is 120 Å². The molecule has 19 nitrogen and oxygen atoms in total. The minimum Gasteiger partial charge on any atom is -0.742 e. The van der Waals surface area contributed by atoms with Crippen LogP contribution in [0.3, 0.4) is 0 Å². The SMILES string of the molecule is CC(=O)[S-].CCOC(=O)CC1CCC(=O)CC1.CCOC(=O)CC1CCC(O)CC1.CCOC(=O)CC1CCC(OS(=O)(=O)c2ccc(C)cc2)CC1.CCOC(=O)CC1CCC(S(=O)(=O)Cl)CC1.CCOC(=O)CC1CCC(SC(C)=O)CC1.[K+]. The summed E-state index contributed by atoms with van der Waals surface area (Å²) in [4.78, 5) is 87.5. The van der Waals surface area contributed by atoms with Crippen molar-refractivity contribution in [2.24, 2.45) is 29.6 Å². The topological polar surface area (TPSA) is 280 Å². The summed E-state index contributed by atoms with van der Waals surface area (Å²) in [5.41, 5.74) is 1.00. The summed E-state index contributed by atoms with van der Waals surface area (Å²) < 4.78 is 76.5. The van der Waals surface area contributed by atoms with Gasteiger partial charge in [-0.25, -0.2) is 8.42 Å². The number of carbonyl (C=O) groups is 8. The summed E-state index contributed by atoms with van der Waals surface area (Å²) in [5.74, 6) is 1.44. The monoisotopic (exact) mass is 1340 g/mol.